The molecule has 30 heavy (non-hydrogen) atoms. The molecule has 5 heteroatoms. The van der Waals surface area contributed by atoms with Crippen LogP contribution in [-0.2, 0) is 6.54 Å². The Bertz CT molecular complexity index is 1370. The number of nitrogens with zero attached hydrogens (tertiary/aromatic N) is 4. The van der Waals surface area contributed by atoms with Gasteiger partial charge >= 0.3 is 0 Å². The SMILES string of the molecule is CN(C)Cc1cccc(-c2ccc3ncc4ncn(-c5ccccc5F)c4c3c2)c1. The standard InChI is InChI=1S/C25H21FN4/c1-29(2)15-17-6-5-7-18(12-17)19-10-11-22-20(13-19)25-23(14-27-22)28-16-30(25)24-9-4-3-8-21(24)26/h3-14,16H,15H2,1-2H3. The van der Waals surface area contributed by atoms with Crippen molar-refractivity contribution in [2.24, 2.45) is 0 Å². The average molecular weight is 396 g/mol. The van der Waals surface area contributed by atoms with E-state index in [1.807, 2.05) is 12.1 Å². The van der Waals surface area contributed by atoms with Crippen LogP contribution in [0.25, 0.3) is 38.8 Å². The molecule has 148 valence electrons. The maximum Gasteiger partial charge on any atom is 0.147 e. The second kappa shape index (κ2) is 7.35. The van der Waals surface area contributed by atoms with Gasteiger partial charge < -0.3 is 4.90 Å². The number of halogens is 1. The third-order valence-corrected chi connectivity index (χ3v) is 5.24. The average Bonchev–Trinajstić information content (AvgIpc) is 3.18. The molecular formula is C25H21FN4. The highest BCUT2D eigenvalue weighted by Gasteiger charge is 2.13. The Labute approximate surface area is 174 Å². The summed E-state index contributed by atoms with van der Waals surface area (Å²) in [5.74, 6) is -0.283. The van der Waals surface area contributed by atoms with Crippen LogP contribution < -0.4 is 0 Å². The van der Waals surface area contributed by atoms with Gasteiger partial charge in [-0.05, 0) is 61.1 Å². The predicted molar refractivity (Wildman–Crippen MR) is 119 cm³/mol. The van der Waals surface area contributed by atoms with E-state index >= 15 is 0 Å². The monoisotopic (exact) mass is 396 g/mol. The minimum atomic E-state index is -0.283. The molecule has 0 saturated heterocycles. The highest BCUT2D eigenvalue weighted by Crippen LogP contribution is 2.31. The predicted octanol–water partition coefficient (Wildman–Crippen LogP) is 5.44. The van der Waals surface area contributed by atoms with E-state index in [0.717, 1.165) is 39.6 Å². The molecule has 0 fully saturated rings. The van der Waals surface area contributed by atoms with Crippen molar-refractivity contribution in [3.63, 3.8) is 0 Å². The number of aromatic nitrogens is 3. The molecule has 5 rings (SSSR count). The summed E-state index contributed by atoms with van der Waals surface area (Å²) in [6, 6.07) is 21.5. The first-order chi connectivity index (χ1) is 14.6. The Morgan fingerprint density at radius 2 is 1.70 bits per heavy atom. The van der Waals surface area contributed by atoms with Gasteiger partial charge in [-0.15, -0.1) is 0 Å². The van der Waals surface area contributed by atoms with Crippen LogP contribution in [0.3, 0.4) is 0 Å². The van der Waals surface area contributed by atoms with Crippen LogP contribution in [0.4, 0.5) is 4.39 Å². The van der Waals surface area contributed by atoms with Crippen molar-refractivity contribution >= 4 is 21.9 Å². The molecule has 0 amide bonds. The lowest BCUT2D eigenvalue weighted by Crippen LogP contribution is -2.10. The molecule has 0 aliphatic rings. The van der Waals surface area contributed by atoms with E-state index in [1.54, 1.807) is 29.2 Å². The fraction of sp³-hybridized carbons (Fsp3) is 0.120. The van der Waals surface area contributed by atoms with Crippen LogP contribution in [-0.4, -0.2) is 33.5 Å². The molecule has 0 unspecified atom stereocenters. The minimum absolute atomic E-state index is 0.283. The molecule has 2 aromatic heterocycles. The Hall–Kier alpha value is -3.57. The molecule has 2 heterocycles. The highest BCUT2D eigenvalue weighted by molar-refractivity contribution is 6.04. The Balaban J connectivity index is 1.72. The lowest BCUT2D eigenvalue weighted by atomic mass is 10.0. The number of hydrogen-bond acceptors (Lipinski definition) is 3. The van der Waals surface area contributed by atoms with Crippen LogP contribution in [0.5, 0.6) is 0 Å². The highest BCUT2D eigenvalue weighted by atomic mass is 19.1. The third kappa shape index (κ3) is 3.23. The molecule has 0 spiro atoms. The topological polar surface area (TPSA) is 34.0 Å². The summed E-state index contributed by atoms with van der Waals surface area (Å²) in [6.07, 6.45) is 3.40. The molecule has 0 radical (unpaired) electrons. The molecule has 0 bridgehead atoms. The summed E-state index contributed by atoms with van der Waals surface area (Å²) in [7, 11) is 4.13. The lowest BCUT2D eigenvalue weighted by Gasteiger charge is -2.12. The second-order valence-corrected chi connectivity index (χ2v) is 7.73. The zero-order valence-corrected chi connectivity index (χ0v) is 16.9. The van der Waals surface area contributed by atoms with Crippen molar-refractivity contribution in [3.05, 3.63) is 90.6 Å². The smallest absolute Gasteiger partial charge is 0.147 e. The third-order valence-electron chi connectivity index (χ3n) is 5.24. The van der Waals surface area contributed by atoms with E-state index in [4.69, 9.17) is 0 Å². The normalized spacial score (nSPS) is 11.6. The van der Waals surface area contributed by atoms with E-state index in [1.165, 1.54) is 11.6 Å². The van der Waals surface area contributed by atoms with Crippen molar-refractivity contribution in [2.75, 3.05) is 14.1 Å². The maximum absolute atomic E-state index is 14.5. The largest absolute Gasteiger partial charge is 0.305 e. The maximum atomic E-state index is 14.5. The molecule has 0 aliphatic heterocycles. The van der Waals surface area contributed by atoms with E-state index < -0.39 is 0 Å². The quantitative estimate of drug-likeness (QED) is 0.406. The second-order valence-electron chi connectivity index (χ2n) is 7.73. The van der Waals surface area contributed by atoms with Crippen LogP contribution in [0.1, 0.15) is 5.56 Å². The summed E-state index contributed by atoms with van der Waals surface area (Å²) < 4.78 is 16.3. The van der Waals surface area contributed by atoms with Gasteiger partial charge in [0.05, 0.1) is 22.9 Å². The molecule has 5 aromatic rings. The summed E-state index contributed by atoms with van der Waals surface area (Å²) in [4.78, 5) is 11.2. The number of para-hydroxylation sites is 1. The molecule has 0 atom stereocenters. The van der Waals surface area contributed by atoms with E-state index in [0.29, 0.717) is 5.69 Å². The Kier molecular flexibility index (Phi) is 4.52. The van der Waals surface area contributed by atoms with Gasteiger partial charge in [0, 0.05) is 11.9 Å². The molecule has 0 N–H and O–H groups in total. The fourth-order valence-corrected chi connectivity index (χ4v) is 3.92. The summed E-state index contributed by atoms with van der Waals surface area (Å²) in [5, 5.41) is 0.948. The van der Waals surface area contributed by atoms with E-state index in [2.05, 4.69) is 65.4 Å². The number of pyridine rings is 1. The number of imidazole rings is 1. The molecular weight excluding hydrogens is 375 g/mol. The van der Waals surface area contributed by atoms with Gasteiger partial charge in [0.15, 0.2) is 0 Å². The van der Waals surface area contributed by atoms with Gasteiger partial charge in [0.1, 0.15) is 17.7 Å². The van der Waals surface area contributed by atoms with E-state index in [9.17, 15) is 4.39 Å². The van der Waals surface area contributed by atoms with Crippen molar-refractivity contribution in [1.82, 2.24) is 19.4 Å². The Morgan fingerprint density at radius 3 is 2.53 bits per heavy atom. The summed E-state index contributed by atoms with van der Waals surface area (Å²) in [5.41, 5.74) is 6.43. The van der Waals surface area contributed by atoms with Gasteiger partial charge in [-0.3, -0.25) is 9.55 Å². The van der Waals surface area contributed by atoms with Crippen molar-refractivity contribution < 1.29 is 4.39 Å². The van der Waals surface area contributed by atoms with Gasteiger partial charge in [0.25, 0.3) is 0 Å². The molecule has 4 nitrogen and oxygen atoms in total. The van der Waals surface area contributed by atoms with Crippen LogP contribution >= 0.6 is 0 Å². The zero-order valence-electron chi connectivity index (χ0n) is 16.9. The van der Waals surface area contributed by atoms with Gasteiger partial charge in [-0.2, -0.15) is 0 Å². The van der Waals surface area contributed by atoms with Crippen LogP contribution in [0.2, 0.25) is 0 Å². The number of rotatable bonds is 4. The van der Waals surface area contributed by atoms with Crippen molar-refractivity contribution in [3.8, 4) is 16.8 Å². The first-order valence-electron chi connectivity index (χ1n) is 9.85. The first-order valence-corrected chi connectivity index (χ1v) is 9.85. The lowest BCUT2D eigenvalue weighted by molar-refractivity contribution is 0.402. The summed E-state index contributed by atoms with van der Waals surface area (Å²) in [6.45, 7) is 0.882. The number of hydrogen-bond donors (Lipinski definition) is 0. The van der Waals surface area contributed by atoms with Crippen LogP contribution in [0.15, 0.2) is 79.3 Å². The number of fused-ring (bicyclic) bond motifs is 3. The molecule has 3 aromatic carbocycles. The zero-order chi connectivity index (χ0) is 20.7. The molecule has 0 saturated carbocycles. The van der Waals surface area contributed by atoms with Crippen molar-refractivity contribution in [2.45, 2.75) is 6.54 Å². The summed E-state index contributed by atoms with van der Waals surface area (Å²) >= 11 is 0. The first kappa shape index (κ1) is 18.5. The minimum Gasteiger partial charge on any atom is -0.305 e. The van der Waals surface area contributed by atoms with Gasteiger partial charge in [-0.1, -0.05) is 36.4 Å². The fourth-order valence-electron chi connectivity index (χ4n) is 3.92. The Morgan fingerprint density at radius 1 is 0.867 bits per heavy atom. The van der Waals surface area contributed by atoms with Gasteiger partial charge in [0.2, 0.25) is 0 Å². The van der Waals surface area contributed by atoms with Crippen LogP contribution in [0, 0.1) is 5.82 Å². The van der Waals surface area contributed by atoms with E-state index in [-0.39, 0.29) is 5.82 Å². The van der Waals surface area contributed by atoms with Gasteiger partial charge in [-0.25, -0.2) is 9.37 Å². The van der Waals surface area contributed by atoms with Crippen molar-refractivity contribution in [1.29, 1.82) is 0 Å². The number of benzene rings is 3. The molecule has 0 aliphatic carbocycles.